The molecule has 2 amide bonds. The SMILES string of the molecule is COc1cccc(CN(C(=O)CN(c2ccccc2OC)S(=O)(=O)c2ccc(C)cc2)C(Cc2ccccc2)C(=O)NC2CCCCC2)c1. The van der Waals surface area contributed by atoms with Gasteiger partial charge in [0.2, 0.25) is 11.8 Å². The van der Waals surface area contributed by atoms with E-state index in [1.165, 1.54) is 24.1 Å². The highest BCUT2D eigenvalue weighted by Gasteiger charge is 2.36. The minimum atomic E-state index is -4.26. The molecule has 1 aliphatic rings. The molecule has 9 nitrogen and oxygen atoms in total. The van der Waals surface area contributed by atoms with Gasteiger partial charge in [-0.15, -0.1) is 0 Å². The lowest BCUT2D eigenvalue weighted by molar-refractivity contribution is -0.140. The van der Waals surface area contributed by atoms with E-state index in [0.29, 0.717) is 11.5 Å². The van der Waals surface area contributed by atoms with Crippen molar-refractivity contribution in [3.63, 3.8) is 0 Å². The minimum absolute atomic E-state index is 0.0142. The first-order chi connectivity index (χ1) is 23.7. The number of carbonyl (C=O) groups is 2. The second-order valence-electron chi connectivity index (χ2n) is 12.4. The summed E-state index contributed by atoms with van der Waals surface area (Å²) in [7, 11) is -1.23. The molecule has 4 aromatic carbocycles. The van der Waals surface area contributed by atoms with Crippen molar-refractivity contribution in [2.24, 2.45) is 0 Å². The summed E-state index contributed by atoms with van der Waals surface area (Å²) in [5.41, 5.74) is 2.73. The van der Waals surface area contributed by atoms with E-state index in [1.807, 2.05) is 61.5 Å². The van der Waals surface area contributed by atoms with E-state index >= 15 is 0 Å². The number of carbonyl (C=O) groups excluding carboxylic acids is 2. The fourth-order valence-corrected chi connectivity index (χ4v) is 7.68. The molecule has 0 aliphatic heterocycles. The average molecular weight is 684 g/mol. The summed E-state index contributed by atoms with van der Waals surface area (Å²) < 4.78 is 40.9. The van der Waals surface area contributed by atoms with Crippen molar-refractivity contribution in [3.05, 3.63) is 120 Å². The van der Waals surface area contributed by atoms with Crippen LogP contribution in [0.4, 0.5) is 5.69 Å². The van der Waals surface area contributed by atoms with Crippen LogP contribution in [0.3, 0.4) is 0 Å². The van der Waals surface area contributed by atoms with Gasteiger partial charge < -0.3 is 19.7 Å². The molecule has 10 heteroatoms. The van der Waals surface area contributed by atoms with Gasteiger partial charge in [-0.3, -0.25) is 13.9 Å². The molecule has 1 fully saturated rings. The number of methoxy groups -OCH3 is 2. The second kappa shape index (κ2) is 16.5. The number of amides is 2. The largest absolute Gasteiger partial charge is 0.497 e. The average Bonchev–Trinajstić information content (AvgIpc) is 3.13. The van der Waals surface area contributed by atoms with Gasteiger partial charge in [0.25, 0.3) is 10.0 Å². The third-order valence-electron chi connectivity index (χ3n) is 8.95. The number of nitrogens with one attached hydrogen (secondary N) is 1. The molecule has 0 radical (unpaired) electrons. The van der Waals surface area contributed by atoms with Crippen LogP contribution in [0.2, 0.25) is 0 Å². The molecule has 1 unspecified atom stereocenters. The zero-order chi connectivity index (χ0) is 34.8. The molecule has 0 aromatic heterocycles. The van der Waals surface area contributed by atoms with Gasteiger partial charge in [-0.1, -0.05) is 91.6 Å². The molecule has 1 atom stereocenters. The molecule has 1 N–H and O–H groups in total. The standard InChI is InChI=1S/C39H45N3O6S/c1-29-21-23-34(24-22-29)49(45,46)42(35-19-10-11-20-37(35)48-3)28-38(43)41(27-31-15-12-18-33(25-31)47-2)36(26-30-13-6-4-7-14-30)39(44)40-32-16-8-5-9-17-32/h4,6-7,10-15,18-25,32,36H,5,8-9,16-17,26-28H2,1-3H3,(H,40,44). The molecular formula is C39H45N3O6S. The Hall–Kier alpha value is -4.83. The summed E-state index contributed by atoms with van der Waals surface area (Å²) in [5, 5.41) is 3.24. The van der Waals surface area contributed by atoms with E-state index < -0.39 is 28.5 Å². The van der Waals surface area contributed by atoms with Crippen LogP contribution in [0.1, 0.15) is 48.8 Å². The molecule has 0 bridgehead atoms. The highest BCUT2D eigenvalue weighted by atomic mass is 32.2. The van der Waals surface area contributed by atoms with Crippen LogP contribution in [0, 0.1) is 6.92 Å². The van der Waals surface area contributed by atoms with Gasteiger partial charge in [0.15, 0.2) is 0 Å². The minimum Gasteiger partial charge on any atom is -0.497 e. The van der Waals surface area contributed by atoms with Crippen LogP contribution in [-0.4, -0.2) is 58.0 Å². The lowest BCUT2D eigenvalue weighted by atomic mass is 9.94. The first-order valence-corrected chi connectivity index (χ1v) is 18.1. The monoisotopic (exact) mass is 683 g/mol. The maximum absolute atomic E-state index is 14.8. The van der Waals surface area contributed by atoms with Crippen LogP contribution in [0.25, 0.3) is 0 Å². The van der Waals surface area contributed by atoms with Crippen LogP contribution in [-0.2, 0) is 32.6 Å². The van der Waals surface area contributed by atoms with Crippen molar-refractivity contribution in [3.8, 4) is 11.5 Å². The normalized spacial score (nSPS) is 14.0. The number of rotatable bonds is 14. The Morgan fingerprint density at radius 1 is 0.816 bits per heavy atom. The van der Waals surface area contributed by atoms with E-state index in [0.717, 1.165) is 53.1 Å². The fraction of sp³-hybridized carbons (Fsp3) is 0.333. The molecule has 49 heavy (non-hydrogen) atoms. The fourth-order valence-electron chi connectivity index (χ4n) is 6.25. The van der Waals surface area contributed by atoms with Gasteiger partial charge in [0.1, 0.15) is 24.1 Å². The molecular weight excluding hydrogens is 639 g/mol. The van der Waals surface area contributed by atoms with Gasteiger partial charge in [0.05, 0.1) is 24.8 Å². The van der Waals surface area contributed by atoms with Crippen LogP contribution >= 0.6 is 0 Å². The van der Waals surface area contributed by atoms with Crippen LogP contribution in [0.5, 0.6) is 11.5 Å². The number of sulfonamides is 1. The molecule has 0 heterocycles. The van der Waals surface area contributed by atoms with Gasteiger partial charge in [-0.25, -0.2) is 8.42 Å². The number of ether oxygens (including phenoxy) is 2. The summed E-state index contributed by atoms with van der Waals surface area (Å²) in [4.78, 5) is 30.7. The van der Waals surface area contributed by atoms with E-state index in [1.54, 1.807) is 43.5 Å². The predicted octanol–water partition coefficient (Wildman–Crippen LogP) is 6.30. The van der Waals surface area contributed by atoms with Crippen molar-refractivity contribution < 1.29 is 27.5 Å². The smallest absolute Gasteiger partial charge is 0.264 e. The summed E-state index contributed by atoms with van der Waals surface area (Å²) in [5.74, 6) is 0.0938. The second-order valence-corrected chi connectivity index (χ2v) is 14.3. The first-order valence-electron chi connectivity index (χ1n) is 16.7. The van der Waals surface area contributed by atoms with E-state index in [9.17, 15) is 18.0 Å². The number of hydrogen-bond donors (Lipinski definition) is 1. The Morgan fingerprint density at radius 2 is 1.49 bits per heavy atom. The Labute approximate surface area is 289 Å². The lowest BCUT2D eigenvalue weighted by Gasteiger charge is -2.35. The number of aryl methyl sites for hydroxylation is 1. The van der Waals surface area contributed by atoms with Gasteiger partial charge in [-0.2, -0.15) is 0 Å². The molecule has 1 saturated carbocycles. The molecule has 1 aliphatic carbocycles. The zero-order valence-electron chi connectivity index (χ0n) is 28.4. The topological polar surface area (TPSA) is 105 Å². The Morgan fingerprint density at radius 3 is 2.18 bits per heavy atom. The molecule has 0 spiro atoms. The van der Waals surface area contributed by atoms with Crippen molar-refractivity contribution in [2.45, 2.75) is 69.0 Å². The molecule has 258 valence electrons. The van der Waals surface area contributed by atoms with Crippen molar-refractivity contribution in [1.82, 2.24) is 10.2 Å². The van der Waals surface area contributed by atoms with Gasteiger partial charge in [-0.05, 0) is 67.3 Å². The number of hydrogen-bond acceptors (Lipinski definition) is 6. The maximum atomic E-state index is 14.8. The predicted molar refractivity (Wildman–Crippen MR) is 191 cm³/mol. The Bertz CT molecular complexity index is 1810. The van der Waals surface area contributed by atoms with Crippen molar-refractivity contribution >= 4 is 27.5 Å². The quantitative estimate of drug-likeness (QED) is 0.167. The Kier molecular flexibility index (Phi) is 12.0. The van der Waals surface area contributed by atoms with E-state index in [-0.39, 0.29) is 35.5 Å². The molecule has 4 aromatic rings. The van der Waals surface area contributed by atoms with Crippen LogP contribution in [0.15, 0.2) is 108 Å². The van der Waals surface area contributed by atoms with Gasteiger partial charge >= 0.3 is 0 Å². The first kappa shape index (κ1) is 35.5. The third-order valence-corrected chi connectivity index (χ3v) is 10.7. The lowest BCUT2D eigenvalue weighted by Crippen LogP contribution is -2.55. The summed E-state index contributed by atoms with van der Waals surface area (Å²) in [6.45, 7) is 1.36. The van der Waals surface area contributed by atoms with E-state index in [2.05, 4.69) is 5.32 Å². The third kappa shape index (κ3) is 9.00. The van der Waals surface area contributed by atoms with Crippen molar-refractivity contribution in [2.75, 3.05) is 25.1 Å². The summed E-state index contributed by atoms with van der Waals surface area (Å²) >= 11 is 0. The van der Waals surface area contributed by atoms with Crippen molar-refractivity contribution in [1.29, 1.82) is 0 Å². The highest BCUT2D eigenvalue weighted by Crippen LogP contribution is 2.33. The van der Waals surface area contributed by atoms with Crippen LogP contribution < -0.4 is 19.1 Å². The molecule has 5 rings (SSSR count). The summed E-state index contributed by atoms with van der Waals surface area (Å²) in [6.07, 6.45) is 5.20. The van der Waals surface area contributed by atoms with Gasteiger partial charge in [0, 0.05) is 19.0 Å². The number of nitrogens with zero attached hydrogens (tertiary/aromatic N) is 2. The number of benzene rings is 4. The zero-order valence-corrected chi connectivity index (χ0v) is 29.2. The molecule has 0 saturated heterocycles. The highest BCUT2D eigenvalue weighted by molar-refractivity contribution is 7.92. The van der Waals surface area contributed by atoms with E-state index in [4.69, 9.17) is 9.47 Å². The number of anilines is 1. The Balaban J connectivity index is 1.59. The summed E-state index contributed by atoms with van der Waals surface area (Å²) in [6, 6.07) is 29.2. The maximum Gasteiger partial charge on any atom is 0.264 e. The number of para-hydroxylation sites is 2.